The van der Waals surface area contributed by atoms with Crippen molar-refractivity contribution in [3.05, 3.63) is 36.2 Å². The molecule has 0 radical (unpaired) electrons. The molecule has 0 spiro atoms. The van der Waals surface area contributed by atoms with Gasteiger partial charge < -0.3 is 0 Å². The van der Waals surface area contributed by atoms with Gasteiger partial charge in [0.1, 0.15) is 0 Å². The van der Waals surface area contributed by atoms with Gasteiger partial charge in [-0.25, -0.2) is 0 Å². The van der Waals surface area contributed by atoms with Gasteiger partial charge in [-0.15, -0.1) is 0 Å². The van der Waals surface area contributed by atoms with Crippen molar-refractivity contribution in [3.8, 4) is 0 Å². The Kier molecular flexibility index (Phi) is 3.38. The minimum Gasteiger partial charge on any atom is -0.261 e. The highest BCUT2D eigenvalue weighted by atomic mass is 14.8. The van der Waals surface area contributed by atoms with E-state index in [4.69, 9.17) is 0 Å². The van der Waals surface area contributed by atoms with Crippen LogP contribution in [0.4, 0.5) is 5.69 Å². The predicted octanol–water partition coefficient (Wildman–Crippen LogP) is 2.84. The van der Waals surface area contributed by atoms with Crippen LogP contribution in [-0.2, 0) is 6.42 Å². The number of allylic oxidation sites excluding steroid dienone is 1. The maximum Gasteiger partial charge on any atom is 0.0692 e. The smallest absolute Gasteiger partial charge is 0.0692 e. The number of nitrogens with zero attached hydrogens (tertiary/aromatic N) is 2. The van der Waals surface area contributed by atoms with Gasteiger partial charge in [0.2, 0.25) is 0 Å². The Morgan fingerprint density at radius 3 is 3.00 bits per heavy atom. The SMILES string of the molecule is C=CC=Nc1cc(CC)ncc1C. The highest BCUT2D eigenvalue weighted by Crippen LogP contribution is 2.17. The van der Waals surface area contributed by atoms with Gasteiger partial charge in [0, 0.05) is 18.1 Å². The van der Waals surface area contributed by atoms with Crippen LogP contribution < -0.4 is 0 Å². The van der Waals surface area contributed by atoms with Crippen LogP contribution in [0.5, 0.6) is 0 Å². The van der Waals surface area contributed by atoms with Gasteiger partial charge in [-0.05, 0) is 25.0 Å². The van der Waals surface area contributed by atoms with Crippen molar-refractivity contribution in [3.63, 3.8) is 0 Å². The molecular formula is C11H14N2. The molecule has 0 amide bonds. The number of hydrogen-bond donors (Lipinski definition) is 0. The second-order valence-corrected chi connectivity index (χ2v) is 2.83. The van der Waals surface area contributed by atoms with Crippen LogP contribution in [0, 0.1) is 6.92 Å². The van der Waals surface area contributed by atoms with E-state index in [1.54, 1.807) is 12.3 Å². The van der Waals surface area contributed by atoms with E-state index < -0.39 is 0 Å². The van der Waals surface area contributed by atoms with Crippen molar-refractivity contribution < 1.29 is 0 Å². The Morgan fingerprint density at radius 2 is 2.38 bits per heavy atom. The summed E-state index contributed by atoms with van der Waals surface area (Å²) in [6, 6.07) is 2.01. The zero-order valence-corrected chi connectivity index (χ0v) is 8.12. The molecular weight excluding hydrogens is 160 g/mol. The summed E-state index contributed by atoms with van der Waals surface area (Å²) in [5.74, 6) is 0. The van der Waals surface area contributed by atoms with E-state index in [-0.39, 0.29) is 0 Å². The number of aryl methyl sites for hydroxylation is 2. The Hall–Kier alpha value is -1.44. The summed E-state index contributed by atoms with van der Waals surface area (Å²) in [5.41, 5.74) is 3.14. The molecule has 68 valence electrons. The Morgan fingerprint density at radius 1 is 1.62 bits per heavy atom. The standard InChI is InChI=1S/C11H14N2/c1-4-6-12-11-7-10(5-2)13-8-9(11)3/h4,6-8H,1,5H2,2-3H3. The summed E-state index contributed by atoms with van der Waals surface area (Å²) in [7, 11) is 0. The van der Waals surface area contributed by atoms with Gasteiger partial charge in [0.15, 0.2) is 0 Å². The van der Waals surface area contributed by atoms with Crippen LogP contribution >= 0.6 is 0 Å². The average molecular weight is 174 g/mol. The molecule has 0 saturated heterocycles. The molecule has 0 aliphatic carbocycles. The Balaban J connectivity index is 3.03. The van der Waals surface area contributed by atoms with Crippen molar-refractivity contribution in [1.82, 2.24) is 4.98 Å². The second-order valence-electron chi connectivity index (χ2n) is 2.83. The molecule has 0 saturated carbocycles. The average Bonchev–Trinajstić information content (AvgIpc) is 2.17. The van der Waals surface area contributed by atoms with Crippen LogP contribution in [0.2, 0.25) is 0 Å². The lowest BCUT2D eigenvalue weighted by Crippen LogP contribution is -1.87. The highest BCUT2D eigenvalue weighted by Gasteiger charge is 1.97. The molecule has 1 rings (SSSR count). The highest BCUT2D eigenvalue weighted by molar-refractivity contribution is 5.74. The molecule has 1 aromatic heterocycles. The molecule has 0 bridgehead atoms. The van der Waals surface area contributed by atoms with Crippen LogP contribution in [0.15, 0.2) is 29.9 Å². The first-order valence-corrected chi connectivity index (χ1v) is 4.38. The van der Waals surface area contributed by atoms with Gasteiger partial charge in [-0.3, -0.25) is 9.98 Å². The second kappa shape index (κ2) is 4.55. The predicted molar refractivity (Wildman–Crippen MR) is 56.7 cm³/mol. The molecule has 1 heterocycles. The summed E-state index contributed by atoms with van der Waals surface area (Å²) >= 11 is 0. The third-order valence-corrected chi connectivity index (χ3v) is 1.81. The Bertz CT molecular complexity index is 327. The van der Waals surface area contributed by atoms with Crippen LogP contribution in [-0.4, -0.2) is 11.2 Å². The van der Waals surface area contributed by atoms with E-state index in [1.807, 2.05) is 19.2 Å². The summed E-state index contributed by atoms with van der Waals surface area (Å²) in [6.45, 7) is 7.67. The number of pyridine rings is 1. The molecule has 2 nitrogen and oxygen atoms in total. The topological polar surface area (TPSA) is 25.2 Å². The minimum absolute atomic E-state index is 0.941. The summed E-state index contributed by atoms with van der Waals surface area (Å²) in [6.07, 6.45) is 6.17. The first-order chi connectivity index (χ1) is 6.27. The molecule has 0 unspecified atom stereocenters. The third kappa shape index (κ3) is 2.51. The summed E-state index contributed by atoms with van der Waals surface area (Å²) < 4.78 is 0. The van der Waals surface area contributed by atoms with Crippen LogP contribution in [0.1, 0.15) is 18.2 Å². The van der Waals surface area contributed by atoms with Crippen molar-refractivity contribution >= 4 is 11.9 Å². The van der Waals surface area contributed by atoms with E-state index in [0.717, 1.165) is 23.4 Å². The molecule has 2 heteroatoms. The molecule has 0 aliphatic heterocycles. The third-order valence-electron chi connectivity index (χ3n) is 1.81. The van der Waals surface area contributed by atoms with Gasteiger partial charge >= 0.3 is 0 Å². The fourth-order valence-electron chi connectivity index (χ4n) is 1.02. The molecule has 0 fully saturated rings. The quantitative estimate of drug-likeness (QED) is 0.647. The number of hydrogen-bond acceptors (Lipinski definition) is 2. The largest absolute Gasteiger partial charge is 0.261 e. The van der Waals surface area contributed by atoms with E-state index in [9.17, 15) is 0 Å². The minimum atomic E-state index is 0.941. The monoisotopic (exact) mass is 174 g/mol. The number of aliphatic imine (C=N–C) groups is 1. The van der Waals surface area contributed by atoms with Crippen molar-refractivity contribution in [2.24, 2.45) is 4.99 Å². The van der Waals surface area contributed by atoms with E-state index in [1.165, 1.54) is 0 Å². The van der Waals surface area contributed by atoms with Crippen LogP contribution in [0.25, 0.3) is 0 Å². The summed E-state index contributed by atoms with van der Waals surface area (Å²) in [4.78, 5) is 8.52. The zero-order chi connectivity index (χ0) is 9.68. The Labute approximate surface area is 79.0 Å². The molecule has 0 aliphatic rings. The number of rotatable bonds is 3. The molecule has 13 heavy (non-hydrogen) atoms. The summed E-state index contributed by atoms with van der Waals surface area (Å²) in [5, 5.41) is 0. The lowest BCUT2D eigenvalue weighted by molar-refractivity contribution is 1.03. The van der Waals surface area contributed by atoms with Crippen molar-refractivity contribution in [2.45, 2.75) is 20.3 Å². The zero-order valence-electron chi connectivity index (χ0n) is 8.12. The fourth-order valence-corrected chi connectivity index (χ4v) is 1.02. The molecule has 0 atom stereocenters. The molecule has 0 N–H and O–H groups in total. The first kappa shape index (κ1) is 9.65. The van der Waals surface area contributed by atoms with Gasteiger partial charge in [0.05, 0.1) is 5.69 Å². The normalized spacial score (nSPS) is 10.6. The molecule has 0 aromatic carbocycles. The van der Waals surface area contributed by atoms with Gasteiger partial charge in [-0.1, -0.05) is 19.6 Å². The van der Waals surface area contributed by atoms with Crippen molar-refractivity contribution in [1.29, 1.82) is 0 Å². The number of aromatic nitrogens is 1. The first-order valence-electron chi connectivity index (χ1n) is 4.38. The van der Waals surface area contributed by atoms with E-state index in [0.29, 0.717) is 0 Å². The van der Waals surface area contributed by atoms with Crippen LogP contribution in [0.3, 0.4) is 0 Å². The van der Waals surface area contributed by atoms with Gasteiger partial charge in [0.25, 0.3) is 0 Å². The van der Waals surface area contributed by atoms with Crippen molar-refractivity contribution in [2.75, 3.05) is 0 Å². The fraction of sp³-hybridized carbons (Fsp3) is 0.273. The van der Waals surface area contributed by atoms with E-state index in [2.05, 4.69) is 23.5 Å². The maximum absolute atomic E-state index is 4.27. The lowest BCUT2D eigenvalue weighted by Gasteiger charge is -2.01. The van der Waals surface area contributed by atoms with E-state index >= 15 is 0 Å². The molecule has 1 aromatic rings. The lowest BCUT2D eigenvalue weighted by atomic mass is 10.2. The maximum atomic E-state index is 4.27. The van der Waals surface area contributed by atoms with Gasteiger partial charge in [-0.2, -0.15) is 0 Å².